The predicted octanol–water partition coefficient (Wildman–Crippen LogP) is -0.537. The molecule has 0 unspecified atom stereocenters. The average Bonchev–Trinajstić information content (AvgIpc) is 2.89. The van der Waals surface area contributed by atoms with Gasteiger partial charge in [-0.15, -0.1) is 0 Å². The first-order chi connectivity index (χ1) is 7.05. The third kappa shape index (κ3) is 3.58. The fourth-order valence-corrected chi connectivity index (χ4v) is 3.36. The van der Waals surface area contributed by atoms with Crippen molar-refractivity contribution in [1.82, 2.24) is 5.32 Å². The van der Waals surface area contributed by atoms with Crippen molar-refractivity contribution >= 4 is 27.2 Å². The van der Waals surface area contributed by atoms with Gasteiger partial charge in [-0.2, -0.15) is 0 Å². The summed E-state index contributed by atoms with van der Waals surface area (Å²) in [6.07, 6.45) is 0.767. The minimum absolute atomic E-state index is 0.0948. The predicted molar refractivity (Wildman–Crippen MR) is 58.5 cm³/mol. The smallest absolute Gasteiger partial charge is 0.256 e. The van der Waals surface area contributed by atoms with Gasteiger partial charge in [0.15, 0.2) is 9.84 Å². The van der Waals surface area contributed by atoms with E-state index in [2.05, 4.69) is 5.32 Å². The van der Waals surface area contributed by atoms with Gasteiger partial charge < -0.3 is 14.8 Å². The molecule has 2 atom stereocenters. The van der Waals surface area contributed by atoms with Gasteiger partial charge in [0, 0.05) is 6.04 Å². The Labute approximate surface area is 94.0 Å². The van der Waals surface area contributed by atoms with Gasteiger partial charge in [-0.25, -0.2) is 8.42 Å². The summed E-state index contributed by atoms with van der Waals surface area (Å²) in [6.45, 7) is 1.17. The van der Waals surface area contributed by atoms with Crippen molar-refractivity contribution in [3.63, 3.8) is 0 Å². The first-order valence-corrected chi connectivity index (χ1v) is 7.03. The van der Waals surface area contributed by atoms with Crippen LogP contribution in [0, 0.1) is 0 Å². The van der Waals surface area contributed by atoms with Crippen LogP contribution in [0.1, 0.15) is 6.42 Å². The Kier molecular flexibility index (Phi) is 3.13. The molecule has 0 spiro atoms. The first-order valence-electron chi connectivity index (χ1n) is 4.80. The maximum atomic E-state index is 11.2. The van der Waals surface area contributed by atoms with Crippen molar-refractivity contribution in [1.29, 1.82) is 0 Å². The van der Waals surface area contributed by atoms with Gasteiger partial charge in [-0.1, -0.05) is 0 Å². The van der Waals surface area contributed by atoms with E-state index in [1.807, 2.05) is 0 Å². The van der Waals surface area contributed by atoms with Crippen LogP contribution in [0.3, 0.4) is 0 Å². The molecule has 0 aromatic heterocycles. The maximum absolute atomic E-state index is 11.2. The van der Waals surface area contributed by atoms with Crippen LogP contribution in [0.5, 0.6) is 0 Å². The van der Waals surface area contributed by atoms with E-state index in [-0.39, 0.29) is 28.8 Å². The molecular weight excluding hydrogens is 238 g/mol. The van der Waals surface area contributed by atoms with E-state index in [4.69, 9.17) is 21.7 Å². The van der Waals surface area contributed by atoms with Crippen LogP contribution in [0.4, 0.5) is 0 Å². The lowest BCUT2D eigenvalue weighted by molar-refractivity contribution is 0.247. The molecular formula is C8H13NO4S2. The highest BCUT2D eigenvalue weighted by Gasteiger charge is 2.29. The highest BCUT2D eigenvalue weighted by Crippen LogP contribution is 2.12. The van der Waals surface area contributed by atoms with E-state index >= 15 is 0 Å². The second-order valence-corrected chi connectivity index (χ2v) is 6.40. The van der Waals surface area contributed by atoms with Crippen molar-refractivity contribution < 1.29 is 17.9 Å². The molecule has 0 amide bonds. The van der Waals surface area contributed by atoms with E-state index in [1.165, 1.54) is 0 Å². The van der Waals surface area contributed by atoms with Gasteiger partial charge in [-0.05, 0) is 18.6 Å². The van der Waals surface area contributed by atoms with Crippen LogP contribution in [0.2, 0.25) is 0 Å². The van der Waals surface area contributed by atoms with E-state index in [0.717, 1.165) is 6.61 Å². The molecule has 2 saturated heterocycles. The molecule has 2 fully saturated rings. The van der Waals surface area contributed by atoms with E-state index < -0.39 is 9.84 Å². The van der Waals surface area contributed by atoms with E-state index in [9.17, 15) is 8.42 Å². The van der Waals surface area contributed by atoms with Gasteiger partial charge in [0.1, 0.15) is 12.7 Å². The highest BCUT2D eigenvalue weighted by molar-refractivity contribution is 7.91. The quantitative estimate of drug-likeness (QED) is 0.537. The average molecular weight is 251 g/mol. The van der Waals surface area contributed by atoms with Gasteiger partial charge in [0.2, 0.25) is 0 Å². The van der Waals surface area contributed by atoms with Gasteiger partial charge in [-0.3, -0.25) is 0 Å². The van der Waals surface area contributed by atoms with Gasteiger partial charge >= 0.3 is 0 Å². The number of nitrogens with one attached hydrogen (secondary N) is 1. The fraction of sp³-hybridized carbons (Fsp3) is 0.875. The zero-order chi connectivity index (χ0) is 10.9. The first kappa shape index (κ1) is 11.1. The summed E-state index contributed by atoms with van der Waals surface area (Å²) in [6, 6.07) is -0.0948. The Balaban J connectivity index is 1.69. The second-order valence-electron chi connectivity index (χ2n) is 3.80. The SMILES string of the molecule is O=S1(=O)CC[C@@H](NC(=S)OC[C@@H]2CO2)C1. The molecule has 0 bridgehead atoms. The molecule has 0 aromatic carbocycles. The molecule has 1 N–H and O–H groups in total. The van der Waals surface area contributed by atoms with Crippen molar-refractivity contribution in [3.05, 3.63) is 0 Å². The third-order valence-corrected chi connectivity index (χ3v) is 4.36. The fourth-order valence-electron chi connectivity index (χ4n) is 1.45. The molecule has 86 valence electrons. The number of hydrogen-bond donors (Lipinski definition) is 1. The zero-order valence-electron chi connectivity index (χ0n) is 8.14. The molecule has 0 radical (unpaired) electrons. The molecule has 0 saturated carbocycles. The summed E-state index contributed by atoms with van der Waals surface area (Å²) in [5, 5.41) is 3.16. The summed E-state index contributed by atoms with van der Waals surface area (Å²) in [7, 11) is -2.86. The molecule has 5 nitrogen and oxygen atoms in total. The molecule has 2 rings (SSSR count). The van der Waals surface area contributed by atoms with Crippen LogP contribution in [-0.2, 0) is 19.3 Å². The molecule has 2 heterocycles. The lowest BCUT2D eigenvalue weighted by Crippen LogP contribution is -2.36. The largest absolute Gasteiger partial charge is 0.468 e. The number of epoxide rings is 1. The van der Waals surface area contributed by atoms with Crippen LogP contribution in [0.25, 0.3) is 0 Å². The van der Waals surface area contributed by atoms with Crippen molar-refractivity contribution in [2.75, 3.05) is 24.7 Å². The van der Waals surface area contributed by atoms with Crippen LogP contribution in [0.15, 0.2) is 0 Å². The van der Waals surface area contributed by atoms with Crippen LogP contribution in [-0.4, -0.2) is 50.5 Å². The van der Waals surface area contributed by atoms with Crippen molar-refractivity contribution in [3.8, 4) is 0 Å². The van der Waals surface area contributed by atoms with Crippen LogP contribution >= 0.6 is 12.2 Å². The Bertz CT molecular complexity index is 350. The number of thiocarbonyl (C=S) groups is 1. The number of rotatable bonds is 3. The standard InChI is InChI=1S/C8H13NO4S2/c10-15(11)2-1-6(5-15)9-8(14)13-4-7-3-12-7/h6-7H,1-5H2,(H,9,14)/t6-,7+/m1/s1. The minimum atomic E-state index is -2.86. The Morgan fingerprint density at radius 3 is 2.87 bits per heavy atom. The van der Waals surface area contributed by atoms with E-state index in [0.29, 0.717) is 13.0 Å². The summed E-state index contributed by atoms with van der Waals surface area (Å²) in [4.78, 5) is 0. The Morgan fingerprint density at radius 2 is 2.33 bits per heavy atom. The summed E-state index contributed by atoms with van der Waals surface area (Å²) in [5.74, 6) is 0.384. The maximum Gasteiger partial charge on any atom is 0.256 e. The molecule has 2 aliphatic rings. The lowest BCUT2D eigenvalue weighted by atomic mass is 10.3. The monoisotopic (exact) mass is 251 g/mol. The third-order valence-electron chi connectivity index (χ3n) is 2.36. The normalized spacial score (nSPS) is 32.3. The Morgan fingerprint density at radius 1 is 1.60 bits per heavy atom. The lowest BCUT2D eigenvalue weighted by Gasteiger charge is -2.13. The van der Waals surface area contributed by atoms with Gasteiger partial charge in [0.25, 0.3) is 5.17 Å². The second kappa shape index (κ2) is 4.23. The number of hydrogen-bond acceptors (Lipinski definition) is 5. The molecule has 0 aliphatic carbocycles. The number of ether oxygens (including phenoxy) is 2. The summed E-state index contributed by atoms with van der Waals surface area (Å²) < 4.78 is 32.5. The van der Waals surface area contributed by atoms with Crippen LogP contribution < -0.4 is 5.32 Å². The number of sulfone groups is 1. The Hall–Kier alpha value is -0.400. The molecule has 0 aromatic rings. The molecule has 15 heavy (non-hydrogen) atoms. The van der Waals surface area contributed by atoms with Crippen molar-refractivity contribution in [2.24, 2.45) is 0 Å². The van der Waals surface area contributed by atoms with Gasteiger partial charge in [0.05, 0.1) is 18.1 Å². The molecule has 2 aliphatic heterocycles. The summed E-state index contributed by atoms with van der Waals surface area (Å²) in [5.41, 5.74) is 0. The minimum Gasteiger partial charge on any atom is -0.468 e. The van der Waals surface area contributed by atoms with Crippen molar-refractivity contribution in [2.45, 2.75) is 18.6 Å². The summed E-state index contributed by atoms with van der Waals surface area (Å²) >= 11 is 4.93. The molecule has 7 heteroatoms. The van der Waals surface area contributed by atoms with E-state index in [1.54, 1.807) is 0 Å². The highest BCUT2D eigenvalue weighted by atomic mass is 32.2. The topological polar surface area (TPSA) is 67.9 Å². The zero-order valence-corrected chi connectivity index (χ0v) is 9.77.